The Morgan fingerprint density at radius 1 is 1.47 bits per heavy atom. The fraction of sp³-hybridized carbons (Fsp3) is 0.643. The summed E-state index contributed by atoms with van der Waals surface area (Å²) < 4.78 is 0. The van der Waals surface area contributed by atoms with Gasteiger partial charge in [0.15, 0.2) is 0 Å². The van der Waals surface area contributed by atoms with Crippen molar-refractivity contribution in [3.63, 3.8) is 0 Å². The van der Waals surface area contributed by atoms with Gasteiger partial charge in [-0.15, -0.1) is 0 Å². The maximum atomic E-state index is 4.27. The molecule has 0 amide bonds. The third-order valence-electron chi connectivity index (χ3n) is 4.26. The monoisotopic (exact) mass is 231 g/mol. The van der Waals surface area contributed by atoms with Crippen LogP contribution >= 0.6 is 0 Å². The first-order valence-electron chi connectivity index (χ1n) is 6.60. The van der Waals surface area contributed by atoms with Crippen molar-refractivity contribution in [3.05, 3.63) is 24.0 Å². The van der Waals surface area contributed by atoms with E-state index in [1.54, 1.807) is 0 Å². The van der Waals surface area contributed by atoms with E-state index in [9.17, 15) is 0 Å². The normalized spacial score (nSPS) is 29.4. The summed E-state index contributed by atoms with van der Waals surface area (Å²) in [6.45, 7) is 7.84. The molecular formula is C14H21N3. The maximum Gasteiger partial charge on any atom is 0.0583 e. The summed E-state index contributed by atoms with van der Waals surface area (Å²) in [5.41, 5.74) is 2.95. The van der Waals surface area contributed by atoms with E-state index in [4.69, 9.17) is 0 Å². The number of nitrogens with one attached hydrogen (secondary N) is 1. The van der Waals surface area contributed by atoms with E-state index >= 15 is 0 Å². The van der Waals surface area contributed by atoms with E-state index in [2.05, 4.69) is 35.1 Å². The topological polar surface area (TPSA) is 28.2 Å². The van der Waals surface area contributed by atoms with Crippen LogP contribution in [0.5, 0.6) is 0 Å². The first kappa shape index (κ1) is 11.0. The average Bonchev–Trinajstić information content (AvgIpc) is 3.14. The number of hydrogen-bond acceptors (Lipinski definition) is 3. The summed E-state index contributed by atoms with van der Waals surface area (Å²) >= 11 is 0. The molecule has 1 unspecified atom stereocenters. The zero-order valence-electron chi connectivity index (χ0n) is 10.7. The Bertz CT molecular complexity index is 414. The van der Waals surface area contributed by atoms with E-state index in [1.165, 1.54) is 24.1 Å². The molecule has 2 aliphatic rings. The van der Waals surface area contributed by atoms with Gasteiger partial charge in [-0.3, -0.25) is 4.98 Å². The zero-order chi connectivity index (χ0) is 11.9. The highest BCUT2D eigenvalue weighted by Gasteiger charge is 2.44. The van der Waals surface area contributed by atoms with Gasteiger partial charge >= 0.3 is 0 Å². The van der Waals surface area contributed by atoms with Crippen LogP contribution in [0.2, 0.25) is 0 Å². The van der Waals surface area contributed by atoms with Crippen molar-refractivity contribution in [1.29, 1.82) is 0 Å². The number of anilines is 1. The standard InChI is InChI=1S/C14H21N3/c1-11-5-6-15-9-13(11)17-8-7-16-14(2,10-17)12-3-4-12/h5-6,9,12,16H,3-4,7-8,10H2,1-2H3. The molecule has 1 aliphatic carbocycles. The number of aromatic nitrogens is 1. The van der Waals surface area contributed by atoms with E-state index in [-0.39, 0.29) is 0 Å². The van der Waals surface area contributed by atoms with Crippen LogP contribution in [0, 0.1) is 12.8 Å². The molecule has 1 N–H and O–H groups in total. The summed E-state index contributed by atoms with van der Waals surface area (Å²) in [6.07, 6.45) is 6.67. The van der Waals surface area contributed by atoms with Crippen LogP contribution in [-0.2, 0) is 0 Å². The first-order chi connectivity index (χ1) is 8.19. The Balaban J connectivity index is 1.82. The third-order valence-corrected chi connectivity index (χ3v) is 4.26. The molecular weight excluding hydrogens is 210 g/mol. The number of rotatable bonds is 2. The average molecular weight is 231 g/mol. The Morgan fingerprint density at radius 2 is 2.29 bits per heavy atom. The quantitative estimate of drug-likeness (QED) is 0.843. The highest BCUT2D eigenvalue weighted by atomic mass is 15.2. The van der Waals surface area contributed by atoms with Gasteiger partial charge in [0, 0.05) is 31.4 Å². The molecule has 2 fully saturated rings. The van der Waals surface area contributed by atoms with Crippen LogP contribution in [0.1, 0.15) is 25.3 Å². The van der Waals surface area contributed by atoms with E-state index in [0.29, 0.717) is 5.54 Å². The molecule has 3 heteroatoms. The molecule has 1 aliphatic heterocycles. The van der Waals surface area contributed by atoms with E-state index in [1.807, 2.05) is 12.4 Å². The molecule has 17 heavy (non-hydrogen) atoms. The molecule has 0 spiro atoms. The SMILES string of the molecule is Cc1ccncc1N1CCNC(C)(C2CC2)C1. The molecule has 0 bridgehead atoms. The second kappa shape index (κ2) is 3.98. The first-order valence-corrected chi connectivity index (χ1v) is 6.60. The predicted octanol–water partition coefficient (Wildman–Crippen LogP) is 1.97. The van der Waals surface area contributed by atoms with Crippen molar-refractivity contribution in [2.24, 2.45) is 5.92 Å². The lowest BCUT2D eigenvalue weighted by Crippen LogP contribution is -2.60. The fourth-order valence-corrected chi connectivity index (χ4v) is 2.99. The Hall–Kier alpha value is -1.09. The van der Waals surface area contributed by atoms with Crippen LogP contribution < -0.4 is 10.2 Å². The highest BCUT2D eigenvalue weighted by molar-refractivity contribution is 5.52. The summed E-state index contributed by atoms with van der Waals surface area (Å²) in [5, 5.41) is 3.71. The summed E-state index contributed by atoms with van der Waals surface area (Å²) in [6, 6.07) is 2.10. The fourth-order valence-electron chi connectivity index (χ4n) is 2.99. The predicted molar refractivity (Wildman–Crippen MR) is 70.3 cm³/mol. The number of nitrogens with zero attached hydrogens (tertiary/aromatic N) is 2. The Labute approximate surface area is 103 Å². The van der Waals surface area contributed by atoms with Gasteiger partial charge in [-0.05, 0) is 44.2 Å². The minimum absolute atomic E-state index is 0.306. The molecule has 1 atom stereocenters. The number of hydrogen-bond donors (Lipinski definition) is 1. The molecule has 0 aromatic carbocycles. The largest absolute Gasteiger partial charge is 0.367 e. The Morgan fingerprint density at radius 3 is 3.00 bits per heavy atom. The van der Waals surface area contributed by atoms with E-state index < -0.39 is 0 Å². The molecule has 2 heterocycles. The zero-order valence-corrected chi connectivity index (χ0v) is 10.7. The second-order valence-electron chi connectivity index (χ2n) is 5.70. The molecule has 92 valence electrons. The number of piperazine rings is 1. The van der Waals surface area contributed by atoms with Crippen LogP contribution in [0.4, 0.5) is 5.69 Å². The molecule has 3 rings (SSSR count). The van der Waals surface area contributed by atoms with Crippen LogP contribution in [0.3, 0.4) is 0 Å². The van der Waals surface area contributed by atoms with Crippen LogP contribution in [0.15, 0.2) is 18.5 Å². The molecule has 1 aromatic rings. The van der Waals surface area contributed by atoms with Crippen molar-refractivity contribution in [2.75, 3.05) is 24.5 Å². The van der Waals surface area contributed by atoms with Crippen LogP contribution in [0.25, 0.3) is 0 Å². The van der Waals surface area contributed by atoms with Gasteiger partial charge in [-0.25, -0.2) is 0 Å². The van der Waals surface area contributed by atoms with Gasteiger partial charge < -0.3 is 10.2 Å². The van der Waals surface area contributed by atoms with Crippen molar-refractivity contribution in [1.82, 2.24) is 10.3 Å². The van der Waals surface area contributed by atoms with Crippen molar-refractivity contribution >= 4 is 5.69 Å². The number of pyridine rings is 1. The second-order valence-corrected chi connectivity index (χ2v) is 5.70. The lowest BCUT2D eigenvalue weighted by Gasteiger charge is -2.43. The van der Waals surface area contributed by atoms with Gasteiger partial charge in [-0.2, -0.15) is 0 Å². The molecule has 3 nitrogen and oxygen atoms in total. The lowest BCUT2D eigenvalue weighted by atomic mass is 9.92. The van der Waals surface area contributed by atoms with Gasteiger partial charge in [0.25, 0.3) is 0 Å². The summed E-state index contributed by atoms with van der Waals surface area (Å²) in [5.74, 6) is 0.877. The molecule has 0 radical (unpaired) electrons. The minimum atomic E-state index is 0.306. The molecule has 1 saturated carbocycles. The van der Waals surface area contributed by atoms with Crippen LogP contribution in [-0.4, -0.2) is 30.2 Å². The van der Waals surface area contributed by atoms with Crippen molar-refractivity contribution in [3.8, 4) is 0 Å². The van der Waals surface area contributed by atoms with E-state index in [0.717, 1.165) is 25.6 Å². The highest BCUT2D eigenvalue weighted by Crippen LogP contribution is 2.41. The third kappa shape index (κ3) is 2.04. The number of aryl methyl sites for hydroxylation is 1. The smallest absolute Gasteiger partial charge is 0.0583 e. The van der Waals surface area contributed by atoms with Gasteiger partial charge in [0.2, 0.25) is 0 Å². The maximum absolute atomic E-state index is 4.27. The molecule has 1 saturated heterocycles. The summed E-state index contributed by atoms with van der Waals surface area (Å²) in [4.78, 5) is 6.76. The molecule has 1 aromatic heterocycles. The van der Waals surface area contributed by atoms with Crippen molar-refractivity contribution in [2.45, 2.75) is 32.2 Å². The minimum Gasteiger partial charge on any atom is -0.367 e. The van der Waals surface area contributed by atoms with Crippen molar-refractivity contribution < 1.29 is 0 Å². The lowest BCUT2D eigenvalue weighted by molar-refractivity contribution is 0.285. The summed E-state index contributed by atoms with van der Waals surface area (Å²) in [7, 11) is 0. The van der Waals surface area contributed by atoms with Gasteiger partial charge in [0.05, 0.1) is 11.9 Å². The van der Waals surface area contributed by atoms with Gasteiger partial charge in [0.1, 0.15) is 0 Å². The Kier molecular flexibility index (Phi) is 2.58. The van der Waals surface area contributed by atoms with Gasteiger partial charge in [-0.1, -0.05) is 0 Å².